The number of anilines is 1. The third-order valence-electron chi connectivity index (χ3n) is 4.99. The van der Waals surface area contributed by atoms with Gasteiger partial charge in [0.05, 0.1) is 12.3 Å². The van der Waals surface area contributed by atoms with E-state index in [0.717, 1.165) is 18.6 Å². The Morgan fingerprint density at radius 3 is 2.70 bits per heavy atom. The molecule has 140 valence electrons. The minimum absolute atomic E-state index is 0.0128. The van der Waals surface area contributed by atoms with Crippen molar-refractivity contribution in [2.45, 2.75) is 12.8 Å². The lowest BCUT2D eigenvalue weighted by Gasteiger charge is -2.32. The van der Waals surface area contributed by atoms with Crippen LogP contribution in [0.2, 0.25) is 0 Å². The van der Waals surface area contributed by atoms with Gasteiger partial charge in [0, 0.05) is 18.7 Å². The lowest BCUT2D eigenvalue weighted by atomic mass is 9.97. The van der Waals surface area contributed by atoms with Gasteiger partial charge in [0.15, 0.2) is 6.61 Å². The van der Waals surface area contributed by atoms with E-state index in [0.29, 0.717) is 42.6 Å². The van der Waals surface area contributed by atoms with E-state index < -0.39 is 0 Å². The van der Waals surface area contributed by atoms with E-state index in [-0.39, 0.29) is 18.4 Å². The van der Waals surface area contributed by atoms with Crippen molar-refractivity contribution in [1.29, 1.82) is 0 Å². The number of hydrogen-bond donors (Lipinski definition) is 1. The first-order valence-electron chi connectivity index (χ1n) is 9.23. The van der Waals surface area contributed by atoms with Crippen LogP contribution in [0, 0.1) is 5.92 Å². The standard InChI is InChI=1S/C21H22N2O4/c24-20-14-27-19-7-6-16(12-18(19)22-20)21(25)23-10-8-15(9-11-23)13-26-17-4-2-1-3-5-17/h1-7,12,15H,8-11,13-14H2,(H,22,24). The second kappa shape index (κ2) is 7.70. The second-order valence-electron chi connectivity index (χ2n) is 6.91. The Balaban J connectivity index is 1.32. The van der Waals surface area contributed by atoms with Crippen molar-refractivity contribution in [2.24, 2.45) is 5.92 Å². The molecule has 4 rings (SSSR count). The van der Waals surface area contributed by atoms with E-state index in [9.17, 15) is 9.59 Å². The van der Waals surface area contributed by atoms with Crippen molar-refractivity contribution >= 4 is 17.5 Å². The Kier molecular flexibility index (Phi) is 4.96. The van der Waals surface area contributed by atoms with Crippen molar-refractivity contribution < 1.29 is 19.1 Å². The van der Waals surface area contributed by atoms with E-state index in [1.54, 1.807) is 18.2 Å². The molecule has 1 N–H and O–H groups in total. The molecule has 0 bridgehead atoms. The minimum atomic E-state index is -0.202. The number of carbonyl (C=O) groups excluding carboxylic acids is 2. The smallest absolute Gasteiger partial charge is 0.262 e. The number of amides is 2. The summed E-state index contributed by atoms with van der Waals surface area (Å²) in [4.78, 5) is 26.1. The number of nitrogens with zero attached hydrogens (tertiary/aromatic N) is 1. The number of piperidine rings is 1. The molecule has 0 radical (unpaired) electrons. The molecule has 0 saturated carbocycles. The van der Waals surface area contributed by atoms with Crippen molar-refractivity contribution in [3.63, 3.8) is 0 Å². The number of benzene rings is 2. The molecule has 2 aliphatic heterocycles. The van der Waals surface area contributed by atoms with Crippen LogP contribution in [0.15, 0.2) is 48.5 Å². The Morgan fingerprint density at radius 1 is 1.15 bits per heavy atom. The summed E-state index contributed by atoms with van der Waals surface area (Å²) < 4.78 is 11.2. The number of ether oxygens (including phenoxy) is 2. The molecule has 1 saturated heterocycles. The predicted octanol–water partition coefficient (Wildman–Crippen LogP) is 2.95. The molecule has 2 heterocycles. The Bertz CT molecular complexity index is 829. The fraction of sp³-hybridized carbons (Fsp3) is 0.333. The Hall–Kier alpha value is -3.02. The molecule has 6 heteroatoms. The summed E-state index contributed by atoms with van der Waals surface area (Å²) in [5.74, 6) is 1.72. The van der Waals surface area contributed by atoms with Crippen LogP contribution in [-0.2, 0) is 4.79 Å². The summed E-state index contributed by atoms with van der Waals surface area (Å²) in [5, 5.41) is 2.75. The molecular weight excluding hydrogens is 344 g/mol. The molecule has 2 aromatic carbocycles. The lowest BCUT2D eigenvalue weighted by Crippen LogP contribution is -2.39. The van der Waals surface area contributed by atoms with Gasteiger partial charge >= 0.3 is 0 Å². The number of carbonyl (C=O) groups is 2. The van der Waals surface area contributed by atoms with Crippen LogP contribution in [0.25, 0.3) is 0 Å². The topological polar surface area (TPSA) is 67.9 Å². The first-order chi connectivity index (χ1) is 13.2. The fourth-order valence-electron chi connectivity index (χ4n) is 3.43. The summed E-state index contributed by atoms with van der Waals surface area (Å²) in [7, 11) is 0. The van der Waals surface area contributed by atoms with Gasteiger partial charge in [0.1, 0.15) is 11.5 Å². The molecule has 0 aromatic heterocycles. The van der Waals surface area contributed by atoms with E-state index in [1.807, 2.05) is 35.2 Å². The maximum Gasteiger partial charge on any atom is 0.262 e. The number of rotatable bonds is 4. The van der Waals surface area contributed by atoms with Crippen LogP contribution in [0.5, 0.6) is 11.5 Å². The molecule has 2 amide bonds. The molecule has 6 nitrogen and oxygen atoms in total. The molecular formula is C21H22N2O4. The number of likely N-dealkylation sites (tertiary alicyclic amines) is 1. The third kappa shape index (κ3) is 4.05. The van der Waals surface area contributed by atoms with Gasteiger partial charge in [-0.3, -0.25) is 9.59 Å². The summed E-state index contributed by atoms with van der Waals surface area (Å²) >= 11 is 0. The lowest BCUT2D eigenvalue weighted by molar-refractivity contribution is -0.118. The highest BCUT2D eigenvalue weighted by atomic mass is 16.5. The molecule has 0 spiro atoms. The maximum atomic E-state index is 12.8. The van der Waals surface area contributed by atoms with Gasteiger partial charge in [-0.2, -0.15) is 0 Å². The van der Waals surface area contributed by atoms with E-state index in [4.69, 9.17) is 9.47 Å². The van der Waals surface area contributed by atoms with Crippen molar-refractivity contribution in [3.8, 4) is 11.5 Å². The van der Waals surface area contributed by atoms with E-state index >= 15 is 0 Å². The number of hydrogen-bond acceptors (Lipinski definition) is 4. The van der Waals surface area contributed by atoms with Crippen molar-refractivity contribution in [1.82, 2.24) is 4.90 Å². The normalized spacial score (nSPS) is 16.9. The second-order valence-corrected chi connectivity index (χ2v) is 6.91. The van der Waals surface area contributed by atoms with Crippen LogP contribution in [0.1, 0.15) is 23.2 Å². The van der Waals surface area contributed by atoms with Gasteiger partial charge in [-0.1, -0.05) is 18.2 Å². The molecule has 0 aliphatic carbocycles. The molecule has 1 fully saturated rings. The van der Waals surface area contributed by atoms with E-state index in [1.165, 1.54) is 0 Å². The highest BCUT2D eigenvalue weighted by Crippen LogP contribution is 2.29. The first-order valence-corrected chi connectivity index (χ1v) is 9.23. The Labute approximate surface area is 158 Å². The van der Waals surface area contributed by atoms with Gasteiger partial charge in [0.2, 0.25) is 0 Å². The van der Waals surface area contributed by atoms with Crippen LogP contribution >= 0.6 is 0 Å². The van der Waals surface area contributed by atoms with Crippen LogP contribution in [-0.4, -0.2) is 43.0 Å². The van der Waals surface area contributed by atoms with Gasteiger partial charge in [-0.15, -0.1) is 0 Å². The Morgan fingerprint density at radius 2 is 1.93 bits per heavy atom. The minimum Gasteiger partial charge on any atom is -0.493 e. The summed E-state index contributed by atoms with van der Waals surface area (Å²) in [6.45, 7) is 2.11. The van der Waals surface area contributed by atoms with Crippen LogP contribution in [0.4, 0.5) is 5.69 Å². The highest BCUT2D eigenvalue weighted by Gasteiger charge is 2.25. The zero-order valence-electron chi connectivity index (χ0n) is 15.0. The zero-order valence-corrected chi connectivity index (χ0v) is 15.0. The van der Waals surface area contributed by atoms with Crippen molar-refractivity contribution in [3.05, 3.63) is 54.1 Å². The molecule has 0 unspecified atom stereocenters. The monoisotopic (exact) mass is 366 g/mol. The van der Waals surface area contributed by atoms with Gasteiger partial charge in [0.25, 0.3) is 11.8 Å². The predicted molar refractivity (Wildman–Crippen MR) is 101 cm³/mol. The largest absolute Gasteiger partial charge is 0.493 e. The summed E-state index contributed by atoms with van der Waals surface area (Å²) in [6, 6.07) is 15.0. The zero-order chi connectivity index (χ0) is 18.6. The van der Waals surface area contributed by atoms with Gasteiger partial charge in [-0.25, -0.2) is 0 Å². The maximum absolute atomic E-state index is 12.8. The average molecular weight is 366 g/mol. The third-order valence-corrected chi connectivity index (χ3v) is 4.99. The summed E-state index contributed by atoms with van der Waals surface area (Å²) in [6.07, 6.45) is 1.84. The molecule has 2 aliphatic rings. The number of para-hydroxylation sites is 1. The van der Waals surface area contributed by atoms with Gasteiger partial charge < -0.3 is 19.7 Å². The first kappa shape index (κ1) is 17.4. The van der Waals surface area contributed by atoms with Crippen molar-refractivity contribution in [2.75, 3.05) is 31.6 Å². The number of nitrogens with one attached hydrogen (secondary N) is 1. The average Bonchev–Trinajstić information content (AvgIpc) is 2.72. The van der Waals surface area contributed by atoms with Crippen LogP contribution in [0.3, 0.4) is 0 Å². The summed E-state index contributed by atoms with van der Waals surface area (Å²) in [5.41, 5.74) is 1.13. The molecule has 2 aromatic rings. The molecule has 27 heavy (non-hydrogen) atoms. The molecule has 0 atom stereocenters. The SMILES string of the molecule is O=C1COc2ccc(C(=O)N3CCC(COc4ccccc4)CC3)cc2N1. The van der Waals surface area contributed by atoms with E-state index in [2.05, 4.69) is 5.32 Å². The quantitative estimate of drug-likeness (QED) is 0.903. The van der Waals surface area contributed by atoms with Gasteiger partial charge in [-0.05, 0) is 49.1 Å². The number of fused-ring (bicyclic) bond motifs is 1. The fourth-order valence-corrected chi connectivity index (χ4v) is 3.43. The van der Waals surface area contributed by atoms with Crippen LogP contribution < -0.4 is 14.8 Å². The highest BCUT2D eigenvalue weighted by molar-refractivity contribution is 5.99.